The first kappa shape index (κ1) is 23.7. The van der Waals surface area contributed by atoms with Crippen LogP contribution in [-0.2, 0) is 28.6 Å². The molecular weight excluding hydrogens is 462 g/mol. The second-order valence-electron chi connectivity index (χ2n) is 11.6. The molecule has 0 spiro atoms. The predicted molar refractivity (Wildman–Crippen MR) is 127 cm³/mol. The molecule has 1 aromatic heterocycles. The van der Waals surface area contributed by atoms with E-state index in [1.54, 1.807) is 18.6 Å². The number of ether oxygens (including phenoxy) is 3. The highest BCUT2D eigenvalue weighted by Crippen LogP contribution is 2.72. The summed E-state index contributed by atoms with van der Waals surface area (Å²) >= 11 is 0. The van der Waals surface area contributed by atoms with Crippen molar-refractivity contribution in [2.45, 2.75) is 64.8 Å². The first-order chi connectivity index (χ1) is 17.1. The lowest BCUT2D eigenvalue weighted by molar-refractivity contribution is -0.190. The topological polar surface area (TPSA) is 118 Å². The van der Waals surface area contributed by atoms with Gasteiger partial charge >= 0.3 is 11.9 Å². The number of rotatable bonds is 5. The summed E-state index contributed by atoms with van der Waals surface area (Å²) in [5, 5.41) is 0. The fourth-order valence-corrected chi connectivity index (χ4v) is 8.56. The summed E-state index contributed by atoms with van der Waals surface area (Å²) in [6.07, 6.45) is 6.15. The van der Waals surface area contributed by atoms with Gasteiger partial charge in [0.05, 0.1) is 30.5 Å². The van der Waals surface area contributed by atoms with Gasteiger partial charge in [0.2, 0.25) is 0 Å². The van der Waals surface area contributed by atoms with Crippen LogP contribution in [0.25, 0.3) is 0 Å². The molecule has 8 heteroatoms. The van der Waals surface area contributed by atoms with E-state index in [4.69, 9.17) is 24.4 Å². The second kappa shape index (κ2) is 7.65. The van der Waals surface area contributed by atoms with Gasteiger partial charge in [0, 0.05) is 29.2 Å². The van der Waals surface area contributed by atoms with E-state index in [0.717, 1.165) is 17.6 Å². The number of fused-ring (bicyclic) bond motifs is 4. The number of carbonyl (C=O) groups is 3. The molecule has 36 heavy (non-hydrogen) atoms. The van der Waals surface area contributed by atoms with Crippen LogP contribution < -0.4 is 5.73 Å². The Morgan fingerprint density at radius 1 is 1.22 bits per heavy atom. The second-order valence-corrected chi connectivity index (χ2v) is 11.6. The largest absolute Gasteiger partial charge is 0.472 e. The normalized spacial score (nSPS) is 44.4. The molecule has 0 bridgehead atoms. The van der Waals surface area contributed by atoms with E-state index in [9.17, 15) is 14.4 Å². The molecule has 2 saturated heterocycles. The molecule has 1 aromatic rings. The molecule has 2 N–H and O–H groups in total. The maximum Gasteiger partial charge on any atom is 0.316 e. The molecule has 8 nitrogen and oxygen atoms in total. The van der Waals surface area contributed by atoms with Gasteiger partial charge < -0.3 is 24.4 Å². The van der Waals surface area contributed by atoms with Gasteiger partial charge in [0.1, 0.15) is 18.8 Å². The van der Waals surface area contributed by atoms with Gasteiger partial charge in [-0.25, -0.2) is 0 Å². The van der Waals surface area contributed by atoms with Crippen LogP contribution in [0.2, 0.25) is 0 Å². The van der Waals surface area contributed by atoms with Crippen molar-refractivity contribution in [3.63, 3.8) is 0 Å². The van der Waals surface area contributed by atoms with Crippen molar-refractivity contribution in [1.29, 1.82) is 0 Å². The highest BCUT2D eigenvalue weighted by molar-refractivity contribution is 6.00. The van der Waals surface area contributed by atoms with Gasteiger partial charge in [-0.3, -0.25) is 14.4 Å². The zero-order valence-corrected chi connectivity index (χ0v) is 21.1. The Bertz CT molecular complexity index is 1200. The van der Waals surface area contributed by atoms with E-state index in [1.807, 2.05) is 19.9 Å². The molecule has 2 aliphatic heterocycles. The van der Waals surface area contributed by atoms with Crippen LogP contribution in [-0.4, -0.2) is 49.2 Å². The summed E-state index contributed by atoms with van der Waals surface area (Å²) in [7, 11) is 0. The van der Waals surface area contributed by atoms with E-state index in [0.29, 0.717) is 0 Å². The fraction of sp³-hybridized carbons (Fsp3) is 0.607. The van der Waals surface area contributed by atoms with Crippen molar-refractivity contribution >= 4 is 17.7 Å². The van der Waals surface area contributed by atoms with Crippen molar-refractivity contribution < 1.29 is 33.0 Å². The van der Waals surface area contributed by atoms with Crippen LogP contribution in [0.1, 0.15) is 52.0 Å². The molecule has 1 saturated carbocycles. The van der Waals surface area contributed by atoms with E-state index in [2.05, 4.69) is 13.8 Å². The number of hydrogen-bond acceptors (Lipinski definition) is 8. The standard InChI is InChI=1S/C28H33NO7/c1-14-16(15-6-9-33-13-15)11-17-21(14)28(4)18(12-20(31)34-10-8-29)27(3)19(30)5-7-26(2)23(27)22(24(28)35-17)36-25(26)32/h5-7,9,13,16-18,22-24H,8,10-12,29H2,1-4H3. The number of carbonyl (C=O) groups excluding carboxylic acids is 3. The molecule has 0 radical (unpaired) electrons. The number of ketones is 1. The molecule has 9 unspecified atom stereocenters. The first-order valence-electron chi connectivity index (χ1n) is 12.8. The van der Waals surface area contributed by atoms with Crippen LogP contribution in [0.15, 0.2) is 46.3 Å². The third-order valence-electron chi connectivity index (χ3n) is 10.1. The summed E-state index contributed by atoms with van der Waals surface area (Å²) in [4.78, 5) is 40.1. The fourth-order valence-electron chi connectivity index (χ4n) is 8.56. The maximum absolute atomic E-state index is 13.8. The number of hydrogen-bond donors (Lipinski definition) is 1. The van der Waals surface area contributed by atoms with Gasteiger partial charge in [-0.1, -0.05) is 25.5 Å². The van der Waals surface area contributed by atoms with Gasteiger partial charge in [-0.15, -0.1) is 0 Å². The Labute approximate surface area is 210 Å². The van der Waals surface area contributed by atoms with Crippen LogP contribution in [0.3, 0.4) is 0 Å². The zero-order valence-electron chi connectivity index (χ0n) is 21.1. The minimum absolute atomic E-state index is 0.0276. The average molecular weight is 496 g/mol. The molecule has 3 fully saturated rings. The van der Waals surface area contributed by atoms with Gasteiger partial charge in [-0.2, -0.15) is 0 Å². The van der Waals surface area contributed by atoms with E-state index >= 15 is 0 Å². The van der Waals surface area contributed by atoms with Crippen molar-refractivity contribution in [1.82, 2.24) is 0 Å². The highest BCUT2D eigenvalue weighted by atomic mass is 16.6. The summed E-state index contributed by atoms with van der Waals surface area (Å²) in [6, 6.07) is 1.97. The Balaban J connectivity index is 1.53. The van der Waals surface area contributed by atoms with Crippen molar-refractivity contribution in [3.05, 3.63) is 47.5 Å². The van der Waals surface area contributed by atoms with Gasteiger partial charge in [0.25, 0.3) is 0 Å². The minimum Gasteiger partial charge on any atom is -0.472 e. The molecule has 5 aliphatic rings. The monoisotopic (exact) mass is 495 g/mol. The molecule has 192 valence electrons. The van der Waals surface area contributed by atoms with Crippen LogP contribution in [0.5, 0.6) is 0 Å². The summed E-state index contributed by atoms with van der Waals surface area (Å²) in [6.45, 7) is 8.28. The molecule has 6 rings (SSSR count). The molecular formula is C28H33NO7. The lowest BCUT2D eigenvalue weighted by Crippen LogP contribution is -2.66. The van der Waals surface area contributed by atoms with Crippen LogP contribution >= 0.6 is 0 Å². The highest BCUT2D eigenvalue weighted by Gasteiger charge is 2.77. The minimum atomic E-state index is -1.02. The van der Waals surface area contributed by atoms with Gasteiger partial charge in [-0.05, 0) is 49.5 Å². The van der Waals surface area contributed by atoms with Crippen molar-refractivity contribution in [2.75, 3.05) is 13.2 Å². The quantitative estimate of drug-likeness (QED) is 0.489. The number of esters is 2. The number of furan rings is 1. The smallest absolute Gasteiger partial charge is 0.316 e. The number of nitrogens with two attached hydrogens (primary N) is 1. The lowest BCUT2D eigenvalue weighted by atomic mass is 9.42. The van der Waals surface area contributed by atoms with E-state index in [-0.39, 0.29) is 43.3 Å². The summed E-state index contributed by atoms with van der Waals surface area (Å²) < 4.78 is 23.6. The Hall–Kier alpha value is -2.71. The summed E-state index contributed by atoms with van der Waals surface area (Å²) in [5.74, 6) is -1.60. The Kier molecular flexibility index (Phi) is 5.03. The third-order valence-corrected chi connectivity index (χ3v) is 10.1. The van der Waals surface area contributed by atoms with Gasteiger partial charge in [0.15, 0.2) is 5.78 Å². The first-order valence-corrected chi connectivity index (χ1v) is 12.8. The van der Waals surface area contributed by atoms with E-state index in [1.165, 1.54) is 11.6 Å². The average Bonchev–Trinajstić information content (AvgIpc) is 3.59. The Morgan fingerprint density at radius 3 is 2.69 bits per heavy atom. The van der Waals surface area contributed by atoms with Crippen molar-refractivity contribution in [2.24, 2.45) is 33.8 Å². The Morgan fingerprint density at radius 2 is 2.00 bits per heavy atom. The molecule has 9 atom stereocenters. The molecule has 0 amide bonds. The molecule has 0 aromatic carbocycles. The van der Waals surface area contributed by atoms with Crippen LogP contribution in [0, 0.1) is 28.1 Å². The van der Waals surface area contributed by atoms with Crippen LogP contribution in [0.4, 0.5) is 0 Å². The molecule has 3 aliphatic carbocycles. The van der Waals surface area contributed by atoms with E-state index < -0.39 is 46.3 Å². The number of allylic oxidation sites excluding steroid dienone is 2. The zero-order chi connectivity index (χ0) is 25.6. The maximum atomic E-state index is 13.8. The SMILES string of the molecule is CC1=C2C(CC1c1ccoc1)OC1C3OC(=O)C4(C)C=CC(=O)C(C)(C34)C(CC(=O)OCCN)C21C. The molecule has 3 heterocycles. The lowest BCUT2D eigenvalue weighted by Gasteiger charge is -2.59. The summed E-state index contributed by atoms with van der Waals surface area (Å²) in [5.41, 5.74) is 6.24. The third kappa shape index (κ3) is 2.74. The predicted octanol–water partition coefficient (Wildman–Crippen LogP) is 3.07. The van der Waals surface area contributed by atoms with Crippen molar-refractivity contribution in [3.8, 4) is 0 Å².